The number of hydrogen-bond acceptors (Lipinski definition) is 1. The zero-order chi connectivity index (χ0) is 14.1. The minimum absolute atomic E-state index is 0.0254. The van der Waals surface area contributed by atoms with Gasteiger partial charge in [-0.25, -0.2) is 8.60 Å². The number of halogens is 3. The molecule has 6 heteroatoms. The van der Waals surface area contributed by atoms with Crippen LogP contribution in [-0.4, -0.2) is 8.96 Å². The van der Waals surface area contributed by atoms with Crippen LogP contribution in [0, 0.1) is 5.82 Å². The quantitative estimate of drug-likeness (QED) is 0.810. The van der Waals surface area contributed by atoms with Crippen molar-refractivity contribution in [3.05, 3.63) is 33.0 Å². The van der Waals surface area contributed by atoms with Crippen LogP contribution in [0.4, 0.5) is 4.39 Å². The highest BCUT2D eigenvalue weighted by molar-refractivity contribution is 9.10. The zero-order valence-corrected chi connectivity index (χ0v) is 13.6. The lowest BCUT2D eigenvalue weighted by Gasteiger charge is -2.26. The van der Waals surface area contributed by atoms with Crippen LogP contribution in [0.25, 0.3) is 0 Å². The van der Waals surface area contributed by atoms with Gasteiger partial charge in [0.25, 0.3) is 0 Å². The van der Waals surface area contributed by atoms with E-state index in [-0.39, 0.29) is 10.9 Å². The number of benzene rings is 1. The van der Waals surface area contributed by atoms with Crippen molar-refractivity contribution < 1.29 is 8.60 Å². The van der Waals surface area contributed by atoms with E-state index < -0.39 is 21.5 Å². The second-order valence-electron chi connectivity index (χ2n) is 4.93. The summed E-state index contributed by atoms with van der Waals surface area (Å²) >= 11 is 9.08. The van der Waals surface area contributed by atoms with Gasteiger partial charge in [0, 0.05) is 0 Å². The molecular formula is C12H16BrClFNOS. The lowest BCUT2D eigenvalue weighted by atomic mass is 9.91. The van der Waals surface area contributed by atoms with E-state index >= 15 is 0 Å². The molecule has 0 aromatic heterocycles. The topological polar surface area (TPSA) is 43.1 Å². The molecule has 0 saturated heterocycles. The maximum absolute atomic E-state index is 13.7. The molecule has 0 aliphatic carbocycles. The van der Waals surface area contributed by atoms with E-state index in [2.05, 4.69) is 15.9 Å². The van der Waals surface area contributed by atoms with Gasteiger partial charge in [-0.3, -0.25) is 5.14 Å². The molecule has 0 heterocycles. The molecule has 1 aromatic carbocycles. The van der Waals surface area contributed by atoms with Crippen molar-refractivity contribution in [2.45, 2.75) is 37.9 Å². The smallest absolute Gasteiger partial charge is 0.156 e. The first-order chi connectivity index (χ1) is 8.16. The summed E-state index contributed by atoms with van der Waals surface area (Å²) in [5.74, 6) is -0.490. The third-order valence-corrected chi connectivity index (χ3v) is 5.19. The number of hydrogen-bond donors (Lipinski definition) is 1. The average Bonchev–Trinajstić information content (AvgIpc) is 2.25. The molecule has 1 aromatic rings. The lowest BCUT2D eigenvalue weighted by Crippen LogP contribution is -2.33. The largest absolute Gasteiger partial charge is 0.251 e. The molecule has 0 fully saturated rings. The van der Waals surface area contributed by atoms with Crippen LogP contribution in [0.2, 0.25) is 5.02 Å². The lowest BCUT2D eigenvalue weighted by molar-refractivity contribution is 0.537. The summed E-state index contributed by atoms with van der Waals surface area (Å²) in [7, 11) is -1.43. The summed E-state index contributed by atoms with van der Waals surface area (Å²) in [5.41, 5.74) is 0.705. The molecule has 0 aliphatic rings. The molecular weight excluding hydrogens is 341 g/mol. The molecule has 0 radical (unpaired) electrons. The molecule has 1 rings (SSSR count). The van der Waals surface area contributed by atoms with Crippen LogP contribution >= 0.6 is 27.5 Å². The van der Waals surface area contributed by atoms with E-state index in [0.717, 1.165) is 0 Å². The van der Waals surface area contributed by atoms with Gasteiger partial charge in [0.1, 0.15) is 0 Å². The van der Waals surface area contributed by atoms with Crippen LogP contribution in [0.1, 0.15) is 38.7 Å². The van der Waals surface area contributed by atoms with Gasteiger partial charge >= 0.3 is 0 Å². The molecule has 0 bridgehead atoms. The summed E-state index contributed by atoms with van der Waals surface area (Å²) in [4.78, 5) is 0. The van der Waals surface area contributed by atoms with Gasteiger partial charge in [0.05, 0.1) is 25.2 Å². The molecule has 0 saturated carbocycles. The van der Waals surface area contributed by atoms with Gasteiger partial charge in [0.15, 0.2) is 5.82 Å². The summed E-state index contributed by atoms with van der Waals surface area (Å²) in [6.45, 7) is 5.56. The molecule has 102 valence electrons. The zero-order valence-electron chi connectivity index (χ0n) is 10.5. The molecule has 2 atom stereocenters. The van der Waals surface area contributed by atoms with E-state index in [0.29, 0.717) is 16.5 Å². The fraction of sp³-hybridized carbons (Fsp3) is 0.500. The third-order valence-electron chi connectivity index (χ3n) is 2.94. The van der Waals surface area contributed by atoms with Gasteiger partial charge in [-0.05, 0) is 53.7 Å². The molecule has 0 spiro atoms. The molecule has 1 unspecified atom stereocenters. The Labute approximate surface area is 123 Å². The third kappa shape index (κ3) is 3.53. The van der Waals surface area contributed by atoms with Gasteiger partial charge in [-0.15, -0.1) is 0 Å². The standard InChI is InChI=1S/C12H16BrClFNOS/c1-7(6-12(2,3)18(16)17)8-4-5-9(13)11(15)10(8)14/h4-5,7H,6,16H2,1-3H3/t7-,18?/m1/s1. The van der Waals surface area contributed by atoms with Crippen molar-refractivity contribution in [3.8, 4) is 0 Å². The summed E-state index contributed by atoms with van der Waals surface area (Å²) in [6.07, 6.45) is 0.566. The maximum atomic E-state index is 13.7. The normalized spacial score (nSPS) is 15.5. The summed E-state index contributed by atoms with van der Waals surface area (Å²) < 4.78 is 24.9. The first-order valence-electron chi connectivity index (χ1n) is 5.46. The summed E-state index contributed by atoms with van der Waals surface area (Å²) in [5, 5.41) is 5.55. The van der Waals surface area contributed by atoms with E-state index in [1.165, 1.54) is 0 Å². The summed E-state index contributed by atoms with van der Waals surface area (Å²) in [6, 6.07) is 3.40. The number of nitrogens with two attached hydrogens (primary N) is 1. The monoisotopic (exact) mass is 355 g/mol. The van der Waals surface area contributed by atoms with Crippen molar-refractivity contribution in [2.24, 2.45) is 5.14 Å². The fourth-order valence-corrected chi connectivity index (χ4v) is 3.06. The van der Waals surface area contributed by atoms with Crippen LogP contribution < -0.4 is 5.14 Å². The Balaban J connectivity index is 3.02. The van der Waals surface area contributed by atoms with Crippen molar-refractivity contribution in [1.29, 1.82) is 0 Å². The van der Waals surface area contributed by atoms with E-state index in [1.54, 1.807) is 12.1 Å². The van der Waals surface area contributed by atoms with Crippen molar-refractivity contribution in [2.75, 3.05) is 0 Å². The van der Waals surface area contributed by atoms with Crippen molar-refractivity contribution >= 4 is 38.5 Å². The first-order valence-corrected chi connectivity index (χ1v) is 7.85. The maximum Gasteiger partial charge on any atom is 0.156 e. The van der Waals surface area contributed by atoms with Gasteiger partial charge in [0.2, 0.25) is 0 Å². The predicted molar refractivity (Wildman–Crippen MR) is 78.6 cm³/mol. The highest BCUT2D eigenvalue weighted by Gasteiger charge is 2.28. The molecule has 0 amide bonds. The molecule has 2 N–H and O–H groups in total. The van der Waals surface area contributed by atoms with Crippen LogP contribution in [0.15, 0.2) is 16.6 Å². The van der Waals surface area contributed by atoms with E-state index in [9.17, 15) is 8.60 Å². The van der Waals surface area contributed by atoms with Gasteiger partial charge < -0.3 is 0 Å². The second-order valence-corrected chi connectivity index (χ2v) is 7.86. The fourth-order valence-electron chi connectivity index (χ4n) is 1.85. The van der Waals surface area contributed by atoms with Gasteiger partial charge in [-0.1, -0.05) is 24.6 Å². The van der Waals surface area contributed by atoms with E-state index in [4.69, 9.17) is 16.7 Å². The molecule has 0 aliphatic heterocycles. The van der Waals surface area contributed by atoms with Crippen LogP contribution in [0.5, 0.6) is 0 Å². The Bertz CT molecular complexity index is 481. The SMILES string of the molecule is C[C@H](CC(C)(C)S(N)=O)c1ccc(Br)c(F)c1Cl. The highest BCUT2D eigenvalue weighted by Crippen LogP contribution is 2.35. The molecule has 18 heavy (non-hydrogen) atoms. The first kappa shape index (κ1) is 16.1. The van der Waals surface area contributed by atoms with Crippen LogP contribution in [0.3, 0.4) is 0 Å². The second kappa shape index (κ2) is 5.99. The Kier molecular flexibility index (Phi) is 5.35. The minimum Gasteiger partial charge on any atom is -0.251 e. The molecule has 2 nitrogen and oxygen atoms in total. The average molecular weight is 357 g/mol. The van der Waals surface area contributed by atoms with E-state index in [1.807, 2.05) is 20.8 Å². The van der Waals surface area contributed by atoms with Crippen molar-refractivity contribution in [1.82, 2.24) is 0 Å². The Morgan fingerprint density at radius 3 is 2.61 bits per heavy atom. The predicted octanol–water partition coefficient (Wildman–Crippen LogP) is 4.14. The number of rotatable bonds is 4. The van der Waals surface area contributed by atoms with Crippen LogP contribution in [-0.2, 0) is 11.0 Å². The minimum atomic E-state index is -1.43. The van der Waals surface area contributed by atoms with Crippen molar-refractivity contribution in [3.63, 3.8) is 0 Å². The highest BCUT2D eigenvalue weighted by atomic mass is 79.9. The van der Waals surface area contributed by atoms with Gasteiger partial charge in [-0.2, -0.15) is 0 Å². The Morgan fingerprint density at radius 1 is 1.56 bits per heavy atom. The Hall–Kier alpha value is 0.0300. The Morgan fingerprint density at radius 2 is 2.11 bits per heavy atom.